The normalized spacial score (nSPS) is 35.6. The molecule has 1 saturated heterocycles. The van der Waals surface area contributed by atoms with Crippen molar-refractivity contribution in [3.63, 3.8) is 0 Å². The zero-order valence-corrected chi connectivity index (χ0v) is 11.7. The van der Waals surface area contributed by atoms with Gasteiger partial charge in [-0.1, -0.05) is 31.6 Å². The van der Waals surface area contributed by atoms with Gasteiger partial charge in [0.1, 0.15) is 6.10 Å². The van der Waals surface area contributed by atoms with Crippen molar-refractivity contribution in [2.75, 3.05) is 0 Å². The van der Waals surface area contributed by atoms with Gasteiger partial charge in [0.2, 0.25) is 0 Å². The van der Waals surface area contributed by atoms with E-state index < -0.39 is 0 Å². The number of esters is 1. The van der Waals surface area contributed by atoms with E-state index in [2.05, 4.69) is 27.0 Å². The van der Waals surface area contributed by atoms with Gasteiger partial charge in [-0.3, -0.25) is 4.79 Å². The van der Waals surface area contributed by atoms with Gasteiger partial charge in [-0.25, -0.2) is 0 Å². The number of rotatable bonds is 3. The predicted molar refractivity (Wildman–Crippen MR) is 73.0 cm³/mol. The van der Waals surface area contributed by atoms with E-state index in [1.54, 1.807) is 0 Å². The zero-order chi connectivity index (χ0) is 13.4. The van der Waals surface area contributed by atoms with Crippen molar-refractivity contribution in [2.24, 2.45) is 23.7 Å². The van der Waals surface area contributed by atoms with Crippen LogP contribution in [-0.2, 0) is 9.53 Å². The number of hydrogen-bond acceptors (Lipinski definition) is 2. The molecule has 0 unspecified atom stereocenters. The van der Waals surface area contributed by atoms with Crippen LogP contribution in [0, 0.1) is 23.7 Å². The zero-order valence-electron chi connectivity index (χ0n) is 11.7. The van der Waals surface area contributed by atoms with Crippen LogP contribution >= 0.6 is 0 Å². The molecule has 0 radical (unpaired) electrons. The molecule has 2 nitrogen and oxygen atoms in total. The standard InChI is InChI=1S/C16H24O2/c1-9(2)8-13-14-11(5)6-7-12(10(3)4)15(14)16(17)18-13/h10,12-15H,1,5-8H2,2-4H3/t12-,13-,14-,15-/m1/s1. The molecule has 2 heteroatoms. The minimum atomic E-state index is -0.0194. The highest BCUT2D eigenvalue weighted by molar-refractivity contribution is 5.77. The monoisotopic (exact) mass is 248 g/mol. The molecule has 0 aromatic heterocycles. The number of carbonyl (C=O) groups excluding carboxylic acids is 1. The van der Waals surface area contributed by atoms with E-state index in [1.807, 2.05) is 6.92 Å². The Labute approximate surface area is 110 Å². The largest absolute Gasteiger partial charge is 0.461 e. The molecule has 1 saturated carbocycles. The molecule has 1 aliphatic heterocycles. The third-order valence-electron chi connectivity index (χ3n) is 4.46. The van der Waals surface area contributed by atoms with Crippen LogP contribution in [-0.4, -0.2) is 12.1 Å². The first-order chi connectivity index (χ1) is 8.41. The van der Waals surface area contributed by atoms with Crippen molar-refractivity contribution in [2.45, 2.75) is 46.1 Å². The van der Waals surface area contributed by atoms with Crippen molar-refractivity contribution in [1.82, 2.24) is 0 Å². The maximum atomic E-state index is 12.2. The summed E-state index contributed by atoms with van der Waals surface area (Å²) in [6.07, 6.45) is 2.87. The third-order valence-corrected chi connectivity index (χ3v) is 4.46. The second-order valence-corrected chi connectivity index (χ2v) is 6.29. The Hall–Kier alpha value is -1.05. The number of carbonyl (C=O) groups is 1. The molecule has 2 rings (SSSR count). The Kier molecular flexibility index (Phi) is 3.65. The highest BCUT2D eigenvalue weighted by Gasteiger charge is 2.51. The fourth-order valence-corrected chi connectivity index (χ4v) is 3.60. The van der Waals surface area contributed by atoms with Gasteiger partial charge in [0, 0.05) is 12.3 Å². The van der Waals surface area contributed by atoms with Gasteiger partial charge < -0.3 is 4.74 Å². The second-order valence-electron chi connectivity index (χ2n) is 6.29. The minimum absolute atomic E-state index is 0.00852. The lowest BCUT2D eigenvalue weighted by Crippen LogP contribution is -2.35. The van der Waals surface area contributed by atoms with Gasteiger partial charge >= 0.3 is 5.97 Å². The van der Waals surface area contributed by atoms with Gasteiger partial charge in [0.15, 0.2) is 0 Å². The van der Waals surface area contributed by atoms with Crippen LogP contribution in [0.4, 0.5) is 0 Å². The van der Waals surface area contributed by atoms with Crippen LogP contribution in [0.1, 0.15) is 40.0 Å². The molecule has 100 valence electrons. The van der Waals surface area contributed by atoms with Crippen molar-refractivity contribution < 1.29 is 9.53 Å². The third kappa shape index (κ3) is 2.25. The van der Waals surface area contributed by atoms with Crippen molar-refractivity contribution in [3.8, 4) is 0 Å². The summed E-state index contributed by atoms with van der Waals surface area (Å²) in [4.78, 5) is 12.2. The first-order valence-corrected chi connectivity index (χ1v) is 6.94. The first-order valence-electron chi connectivity index (χ1n) is 6.94. The predicted octanol–water partition coefficient (Wildman–Crippen LogP) is 3.73. The summed E-state index contributed by atoms with van der Waals surface area (Å²) in [6.45, 7) is 14.5. The fraction of sp³-hybridized carbons (Fsp3) is 0.688. The summed E-state index contributed by atoms with van der Waals surface area (Å²) in [6, 6.07) is 0. The summed E-state index contributed by atoms with van der Waals surface area (Å²) in [5.41, 5.74) is 2.28. The van der Waals surface area contributed by atoms with Crippen LogP contribution < -0.4 is 0 Å². The summed E-state index contributed by atoms with van der Waals surface area (Å²) < 4.78 is 5.61. The SMILES string of the molecule is C=C(C)C[C@H]1OC(=O)[C@H]2[C@@H]1C(=C)CC[C@@H]2C(C)C. The van der Waals surface area contributed by atoms with Crippen LogP contribution in [0.3, 0.4) is 0 Å². The van der Waals surface area contributed by atoms with Gasteiger partial charge in [-0.15, -0.1) is 6.58 Å². The van der Waals surface area contributed by atoms with Gasteiger partial charge in [0.25, 0.3) is 0 Å². The van der Waals surface area contributed by atoms with E-state index >= 15 is 0 Å². The number of hydrogen-bond donors (Lipinski definition) is 0. The van der Waals surface area contributed by atoms with E-state index in [-0.39, 0.29) is 23.9 Å². The first kappa shape index (κ1) is 13.4. The molecule has 0 spiro atoms. The average molecular weight is 248 g/mol. The lowest BCUT2D eigenvalue weighted by molar-refractivity contribution is -0.146. The van der Waals surface area contributed by atoms with Crippen LogP contribution in [0.2, 0.25) is 0 Å². The van der Waals surface area contributed by atoms with Crippen LogP contribution in [0.5, 0.6) is 0 Å². The molecule has 1 heterocycles. The molecule has 0 aromatic rings. The highest BCUT2D eigenvalue weighted by Crippen LogP contribution is 2.49. The second kappa shape index (κ2) is 4.91. The molecule has 0 amide bonds. The van der Waals surface area contributed by atoms with Crippen molar-refractivity contribution in [1.29, 1.82) is 0 Å². The van der Waals surface area contributed by atoms with Crippen LogP contribution in [0.15, 0.2) is 24.3 Å². The molecule has 0 aromatic carbocycles. The van der Waals surface area contributed by atoms with E-state index in [9.17, 15) is 4.79 Å². The van der Waals surface area contributed by atoms with Crippen molar-refractivity contribution in [3.05, 3.63) is 24.3 Å². The van der Waals surface area contributed by atoms with Gasteiger partial charge in [-0.05, 0) is 31.6 Å². The summed E-state index contributed by atoms with van der Waals surface area (Å²) in [7, 11) is 0. The Bertz CT molecular complexity index is 381. The molecule has 0 N–H and O–H groups in total. The lowest BCUT2D eigenvalue weighted by Gasteiger charge is -2.36. The van der Waals surface area contributed by atoms with Gasteiger partial charge in [0.05, 0.1) is 5.92 Å². The molecule has 18 heavy (non-hydrogen) atoms. The number of fused-ring (bicyclic) bond motifs is 1. The summed E-state index contributed by atoms with van der Waals surface area (Å²) >= 11 is 0. The quantitative estimate of drug-likeness (QED) is 0.562. The highest BCUT2D eigenvalue weighted by atomic mass is 16.6. The fourth-order valence-electron chi connectivity index (χ4n) is 3.60. The van der Waals surface area contributed by atoms with E-state index in [0.717, 1.165) is 24.8 Å². The topological polar surface area (TPSA) is 26.3 Å². The maximum Gasteiger partial charge on any atom is 0.310 e. The Balaban J connectivity index is 2.25. The average Bonchev–Trinajstić information content (AvgIpc) is 2.56. The molecule has 2 aliphatic rings. The molecule has 0 bridgehead atoms. The molecular weight excluding hydrogens is 224 g/mol. The van der Waals surface area contributed by atoms with E-state index in [1.165, 1.54) is 5.57 Å². The molecule has 4 atom stereocenters. The smallest absolute Gasteiger partial charge is 0.310 e. The van der Waals surface area contributed by atoms with Crippen molar-refractivity contribution >= 4 is 5.97 Å². The summed E-state index contributed by atoms with van der Waals surface area (Å²) in [5.74, 6) is 1.22. The minimum Gasteiger partial charge on any atom is -0.461 e. The van der Waals surface area contributed by atoms with E-state index in [0.29, 0.717) is 11.8 Å². The lowest BCUT2D eigenvalue weighted by atomic mass is 9.65. The Morgan fingerprint density at radius 2 is 2.11 bits per heavy atom. The number of cyclic esters (lactones) is 1. The Morgan fingerprint density at radius 3 is 2.67 bits per heavy atom. The Morgan fingerprint density at radius 1 is 1.44 bits per heavy atom. The number of ether oxygens (including phenoxy) is 1. The van der Waals surface area contributed by atoms with E-state index in [4.69, 9.17) is 4.74 Å². The van der Waals surface area contributed by atoms with Gasteiger partial charge in [-0.2, -0.15) is 0 Å². The van der Waals surface area contributed by atoms with Crippen LogP contribution in [0.25, 0.3) is 0 Å². The molecular formula is C16H24O2. The molecule has 1 aliphatic carbocycles. The molecule has 2 fully saturated rings. The maximum absolute atomic E-state index is 12.2. The summed E-state index contributed by atoms with van der Waals surface area (Å²) in [5, 5.41) is 0.